The van der Waals surface area contributed by atoms with Gasteiger partial charge in [0.2, 0.25) is 0 Å². The Morgan fingerprint density at radius 3 is 2.41 bits per heavy atom. The van der Waals surface area contributed by atoms with Gasteiger partial charge in [0.05, 0.1) is 0 Å². The van der Waals surface area contributed by atoms with Crippen LogP contribution in [0, 0.1) is 5.82 Å². The Balaban J connectivity index is 2.80. The minimum atomic E-state index is -0.335. The van der Waals surface area contributed by atoms with Crippen molar-refractivity contribution in [2.45, 2.75) is 26.3 Å². The fraction of sp³-hybridized carbons (Fsp3) is 0.462. The van der Waals surface area contributed by atoms with E-state index in [0.717, 1.165) is 6.42 Å². The molecule has 4 heteroatoms. The second-order valence-electron chi connectivity index (χ2n) is 4.14. The van der Waals surface area contributed by atoms with Gasteiger partial charge in [0, 0.05) is 24.0 Å². The molecule has 94 valence electrons. The van der Waals surface area contributed by atoms with Gasteiger partial charge in [-0.1, -0.05) is 0 Å². The van der Waals surface area contributed by atoms with Crippen LogP contribution in [0.15, 0.2) is 24.3 Å². The summed E-state index contributed by atoms with van der Waals surface area (Å²) in [6.45, 7) is 4.53. The zero-order chi connectivity index (χ0) is 12.8. The van der Waals surface area contributed by atoms with Crippen molar-refractivity contribution in [1.82, 2.24) is 4.90 Å². The molecular weight excluding hydrogens is 241 g/mol. The van der Waals surface area contributed by atoms with Gasteiger partial charge >= 0.3 is 0 Å². The quantitative estimate of drug-likeness (QED) is 0.741. The molecule has 0 aliphatic carbocycles. The van der Waals surface area contributed by atoms with E-state index < -0.39 is 0 Å². The predicted octanol–water partition coefficient (Wildman–Crippen LogP) is 3.31. The van der Waals surface area contributed by atoms with Crippen LogP contribution in [0.25, 0.3) is 0 Å². The molecule has 1 aromatic carbocycles. The van der Waals surface area contributed by atoms with Crippen molar-refractivity contribution in [3.05, 3.63) is 35.6 Å². The molecule has 0 N–H and O–H groups in total. The third-order valence-corrected chi connectivity index (χ3v) is 2.78. The Bertz CT molecular complexity index is 364. The molecule has 0 fully saturated rings. The second-order valence-corrected chi connectivity index (χ2v) is 4.52. The average molecular weight is 258 g/mol. The first-order chi connectivity index (χ1) is 8.06. The molecule has 0 unspecified atom stereocenters. The maximum absolute atomic E-state index is 12.8. The summed E-state index contributed by atoms with van der Waals surface area (Å²) in [5.74, 6) is 0.114. The van der Waals surface area contributed by atoms with E-state index in [1.807, 2.05) is 13.8 Å². The van der Waals surface area contributed by atoms with Gasteiger partial charge in [-0.25, -0.2) is 4.39 Å². The van der Waals surface area contributed by atoms with Crippen LogP contribution >= 0.6 is 11.6 Å². The molecular formula is C13H17ClFNO. The van der Waals surface area contributed by atoms with E-state index in [9.17, 15) is 9.18 Å². The van der Waals surface area contributed by atoms with Crippen molar-refractivity contribution in [3.63, 3.8) is 0 Å². The van der Waals surface area contributed by atoms with E-state index in [2.05, 4.69) is 0 Å². The van der Waals surface area contributed by atoms with Crippen LogP contribution in [0.4, 0.5) is 4.39 Å². The van der Waals surface area contributed by atoms with Crippen molar-refractivity contribution < 1.29 is 9.18 Å². The lowest BCUT2D eigenvalue weighted by Crippen LogP contribution is -2.37. The molecule has 2 nitrogen and oxygen atoms in total. The third kappa shape index (κ3) is 4.00. The number of carbonyl (C=O) groups excluding carboxylic acids is 1. The highest BCUT2D eigenvalue weighted by Gasteiger charge is 2.17. The van der Waals surface area contributed by atoms with E-state index in [0.29, 0.717) is 18.0 Å². The molecule has 1 amide bonds. The molecule has 0 saturated heterocycles. The maximum atomic E-state index is 12.8. The Hall–Kier alpha value is -1.09. The standard InChI is InChI=1S/C13H17ClFNO/c1-10(2)16(9-3-8-14)13(17)11-4-6-12(15)7-5-11/h4-7,10H,3,8-9H2,1-2H3. The molecule has 0 aliphatic rings. The summed E-state index contributed by atoms with van der Waals surface area (Å²) in [4.78, 5) is 13.9. The lowest BCUT2D eigenvalue weighted by Gasteiger charge is -2.26. The van der Waals surface area contributed by atoms with Gasteiger partial charge in [-0.3, -0.25) is 4.79 Å². The van der Waals surface area contributed by atoms with Gasteiger partial charge in [0.15, 0.2) is 0 Å². The third-order valence-electron chi connectivity index (χ3n) is 2.51. The summed E-state index contributed by atoms with van der Waals surface area (Å²) < 4.78 is 12.8. The Labute approximate surface area is 106 Å². The van der Waals surface area contributed by atoms with Gasteiger partial charge in [-0.05, 0) is 44.5 Å². The largest absolute Gasteiger partial charge is 0.336 e. The Kier molecular flexibility index (Phi) is 5.42. The van der Waals surface area contributed by atoms with Gasteiger partial charge in [-0.15, -0.1) is 11.6 Å². The highest BCUT2D eigenvalue weighted by Crippen LogP contribution is 2.10. The van der Waals surface area contributed by atoms with Crippen molar-refractivity contribution >= 4 is 17.5 Å². The molecule has 1 rings (SSSR count). The highest BCUT2D eigenvalue weighted by molar-refractivity contribution is 6.17. The average Bonchev–Trinajstić information content (AvgIpc) is 2.29. The zero-order valence-corrected chi connectivity index (χ0v) is 10.9. The first-order valence-corrected chi connectivity index (χ1v) is 6.22. The maximum Gasteiger partial charge on any atom is 0.254 e. The smallest absolute Gasteiger partial charge is 0.254 e. The molecule has 17 heavy (non-hydrogen) atoms. The van der Waals surface area contributed by atoms with Crippen LogP contribution in [-0.2, 0) is 0 Å². The van der Waals surface area contributed by atoms with Gasteiger partial charge in [0.1, 0.15) is 5.82 Å². The number of carbonyl (C=O) groups is 1. The van der Waals surface area contributed by atoms with Crippen LogP contribution in [0.2, 0.25) is 0 Å². The van der Waals surface area contributed by atoms with Gasteiger partial charge in [0.25, 0.3) is 5.91 Å². The molecule has 0 radical (unpaired) electrons. The fourth-order valence-corrected chi connectivity index (χ4v) is 1.70. The SMILES string of the molecule is CC(C)N(CCCCl)C(=O)c1ccc(F)cc1. The summed E-state index contributed by atoms with van der Waals surface area (Å²) >= 11 is 5.63. The number of hydrogen-bond donors (Lipinski definition) is 0. The Morgan fingerprint density at radius 1 is 1.35 bits per heavy atom. The summed E-state index contributed by atoms with van der Waals surface area (Å²) in [5, 5.41) is 0. The first-order valence-electron chi connectivity index (χ1n) is 5.68. The van der Waals surface area contributed by atoms with E-state index >= 15 is 0 Å². The van der Waals surface area contributed by atoms with E-state index in [1.165, 1.54) is 24.3 Å². The van der Waals surface area contributed by atoms with Crippen molar-refractivity contribution in [3.8, 4) is 0 Å². The number of amides is 1. The number of halogens is 2. The summed E-state index contributed by atoms with van der Waals surface area (Å²) in [7, 11) is 0. The highest BCUT2D eigenvalue weighted by atomic mass is 35.5. The van der Waals surface area contributed by atoms with E-state index in [-0.39, 0.29) is 17.8 Å². The topological polar surface area (TPSA) is 20.3 Å². The van der Waals surface area contributed by atoms with Crippen LogP contribution in [0.3, 0.4) is 0 Å². The fourth-order valence-electron chi connectivity index (χ4n) is 1.58. The van der Waals surface area contributed by atoms with Crippen LogP contribution in [0.1, 0.15) is 30.6 Å². The molecule has 0 atom stereocenters. The van der Waals surface area contributed by atoms with Crippen LogP contribution in [0.5, 0.6) is 0 Å². The minimum Gasteiger partial charge on any atom is -0.336 e. The number of alkyl halides is 1. The number of benzene rings is 1. The van der Waals surface area contributed by atoms with Crippen molar-refractivity contribution in [2.75, 3.05) is 12.4 Å². The Morgan fingerprint density at radius 2 is 1.94 bits per heavy atom. The number of hydrogen-bond acceptors (Lipinski definition) is 1. The molecule has 0 heterocycles. The molecule has 1 aromatic rings. The first kappa shape index (κ1) is 14.0. The van der Waals surface area contributed by atoms with Crippen LogP contribution in [-0.4, -0.2) is 29.3 Å². The lowest BCUT2D eigenvalue weighted by molar-refractivity contribution is 0.0706. The van der Waals surface area contributed by atoms with Gasteiger partial charge < -0.3 is 4.90 Å². The molecule has 0 spiro atoms. The number of rotatable bonds is 5. The summed E-state index contributed by atoms with van der Waals surface area (Å²) in [6.07, 6.45) is 0.757. The normalized spacial score (nSPS) is 10.6. The lowest BCUT2D eigenvalue weighted by atomic mass is 10.1. The summed E-state index contributed by atoms with van der Waals surface area (Å²) in [6, 6.07) is 5.72. The van der Waals surface area contributed by atoms with Gasteiger partial charge in [-0.2, -0.15) is 0 Å². The monoisotopic (exact) mass is 257 g/mol. The van der Waals surface area contributed by atoms with E-state index in [4.69, 9.17) is 11.6 Å². The van der Waals surface area contributed by atoms with E-state index in [1.54, 1.807) is 4.90 Å². The molecule has 0 aliphatic heterocycles. The minimum absolute atomic E-state index is 0.0786. The predicted molar refractivity (Wildman–Crippen MR) is 67.9 cm³/mol. The second kappa shape index (κ2) is 6.60. The van der Waals surface area contributed by atoms with Crippen molar-refractivity contribution in [2.24, 2.45) is 0 Å². The number of nitrogens with zero attached hydrogens (tertiary/aromatic N) is 1. The van der Waals surface area contributed by atoms with Crippen LogP contribution < -0.4 is 0 Å². The molecule has 0 bridgehead atoms. The zero-order valence-electron chi connectivity index (χ0n) is 10.1. The molecule has 0 saturated carbocycles. The van der Waals surface area contributed by atoms with Crippen molar-refractivity contribution in [1.29, 1.82) is 0 Å². The molecule has 0 aromatic heterocycles. The summed E-state index contributed by atoms with van der Waals surface area (Å²) in [5.41, 5.74) is 0.509.